The summed E-state index contributed by atoms with van der Waals surface area (Å²) in [5.74, 6) is 0. The van der Waals surface area contributed by atoms with Gasteiger partial charge < -0.3 is 0 Å². The first-order chi connectivity index (χ1) is 16.7. The second-order valence-electron chi connectivity index (χ2n) is 8.38. The number of hydrogen-bond donors (Lipinski definition) is 0. The lowest BCUT2D eigenvalue weighted by atomic mass is 10.1. The van der Waals surface area contributed by atoms with Gasteiger partial charge in [-0.05, 0) is 52.1 Å². The summed E-state index contributed by atoms with van der Waals surface area (Å²) in [5, 5.41) is 5.33. The van der Waals surface area contributed by atoms with Crippen molar-refractivity contribution < 1.29 is 0 Å². The molecule has 0 heterocycles. The van der Waals surface area contributed by atoms with E-state index in [4.69, 9.17) is 0 Å². The van der Waals surface area contributed by atoms with Crippen LogP contribution in [0.15, 0.2) is 146 Å². The molecule has 0 amide bonds. The minimum Gasteiger partial charge on any atom is -0.0622 e. The fourth-order valence-electron chi connectivity index (χ4n) is 3.96. The number of fused-ring (bicyclic) bond motifs is 2. The highest BCUT2D eigenvalue weighted by molar-refractivity contribution is 5.85. The van der Waals surface area contributed by atoms with E-state index in [1.165, 1.54) is 43.8 Å². The molecule has 0 aromatic heterocycles. The molecule has 0 atom stereocenters. The quantitative estimate of drug-likeness (QED) is 0.240. The topological polar surface area (TPSA) is 0 Å². The lowest BCUT2D eigenvalue weighted by Crippen LogP contribution is -1.75. The SMILES string of the molecule is Cc1ccc2ccccc2c1.Cc1cccc2ccccc12.c1ccc(-c2ccccc2)cc1. The van der Waals surface area contributed by atoms with Gasteiger partial charge in [-0.3, -0.25) is 0 Å². The Morgan fingerprint density at radius 1 is 0.353 bits per heavy atom. The Kier molecular flexibility index (Phi) is 7.87. The van der Waals surface area contributed by atoms with E-state index in [0.29, 0.717) is 0 Å². The van der Waals surface area contributed by atoms with Crippen LogP contribution in [0.1, 0.15) is 11.1 Å². The van der Waals surface area contributed by atoms with Crippen molar-refractivity contribution in [2.75, 3.05) is 0 Å². The number of rotatable bonds is 1. The normalized spacial score (nSPS) is 10.1. The average Bonchev–Trinajstić information content (AvgIpc) is 2.91. The maximum absolute atomic E-state index is 2.20. The molecule has 0 heteroatoms. The van der Waals surface area contributed by atoms with Crippen molar-refractivity contribution in [3.8, 4) is 11.1 Å². The largest absolute Gasteiger partial charge is 0.0622 e. The van der Waals surface area contributed by atoms with E-state index in [-0.39, 0.29) is 0 Å². The van der Waals surface area contributed by atoms with Crippen LogP contribution in [-0.2, 0) is 0 Å². The standard InChI is InChI=1S/C12H10.2C11H10/c1-3-7-11(8-4-1)12-9-5-2-6-10-12;1-9-5-4-7-10-6-2-3-8-11(9)10;1-9-6-7-10-4-2-3-5-11(10)8-9/h1-10H;2*2-8H,1H3. The highest BCUT2D eigenvalue weighted by Gasteiger charge is 1.93. The predicted octanol–water partition coefficient (Wildman–Crippen LogP) is 9.65. The van der Waals surface area contributed by atoms with Gasteiger partial charge in [0.15, 0.2) is 0 Å². The molecule has 0 N–H and O–H groups in total. The average molecular weight is 439 g/mol. The Labute approximate surface area is 203 Å². The molecule has 0 saturated carbocycles. The summed E-state index contributed by atoms with van der Waals surface area (Å²) in [4.78, 5) is 0. The van der Waals surface area contributed by atoms with Crippen LogP contribution in [0.25, 0.3) is 32.7 Å². The van der Waals surface area contributed by atoms with Gasteiger partial charge in [-0.25, -0.2) is 0 Å². The van der Waals surface area contributed by atoms with E-state index >= 15 is 0 Å². The molecular weight excluding hydrogens is 408 g/mol. The third-order valence-corrected chi connectivity index (χ3v) is 5.79. The zero-order valence-corrected chi connectivity index (χ0v) is 19.9. The van der Waals surface area contributed by atoms with Crippen molar-refractivity contribution >= 4 is 21.5 Å². The summed E-state index contributed by atoms with van der Waals surface area (Å²) in [6, 6.07) is 50.5. The zero-order chi connectivity index (χ0) is 23.6. The molecule has 0 saturated heterocycles. The third-order valence-electron chi connectivity index (χ3n) is 5.79. The molecule has 0 spiro atoms. The first-order valence-corrected chi connectivity index (χ1v) is 11.7. The highest BCUT2D eigenvalue weighted by atomic mass is 14.0. The second-order valence-corrected chi connectivity index (χ2v) is 8.38. The second kappa shape index (κ2) is 11.6. The van der Waals surface area contributed by atoms with E-state index in [1.54, 1.807) is 0 Å². The van der Waals surface area contributed by atoms with Crippen molar-refractivity contribution in [1.29, 1.82) is 0 Å². The van der Waals surface area contributed by atoms with Gasteiger partial charge in [0.1, 0.15) is 0 Å². The van der Waals surface area contributed by atoms with Gasteiger partial charge >= 0.3 is 0 Å². The Balaban J connectivity index is 0.000000121. The van der Waals surface area contributed by atoms with Crippen LogP contribution >= 0.6 is 0 Å². The van der Waals surface area contributed by atoms with Crippen molar-refractivity contribution in [1.82, 2.24) is 0 Å². The Morgan fingerprint density at radius 3 is 1.47 bits per heavy atom. The molecule has 6 aromatic rings. The van der Waals surface area contributed by atoms with E-state index in [0.717, 1.165) is 0 Å². The fourth-order valence-corrected chi connectivity index (χ4v) is 3.96. The van der Waals surface area contributed by atoms with E-state index in [9.17, 15) is 0 Å². The maximum atomic E-state index is 2.20. The molecule has 0 unspecified atom stereocenters. The van der Waals surface area contributed by atoms with Crippen LogP contribution in [-0.4, -0.2) is 0 Å². The predicted molar refractivity (Wildman–Crippen MR) is 149 cm³/mol. The van der Waals surface area contributed by atoms with Gasteiger partial charge in [0.25, 0.3) is 0 Å². The van der Waals surface area contributed by atoms with E-state index in [2.05, 4.69) is 147 Å². The Hall–Kier alpha value is -4.16. The molecule has 0 radical (unpaired) electrons. The number of benzene rings is 6. The van der Waals surface area contributed by atoms with Gasteiger partial charge in [0.2, 0.25) is 0 Å². The van der Waals surface area contributed by atoms with Gasteiger partial charge in [-0.1, -0.05) is 151 Å². The molecule has 166 valence electrons. The van der Waals surface area contributed by atoms with E-state index in [1.807, 2.05) is 12.1 Å². The van der Waals surface area contributed by atoms with Crippen molar-refractivity contribution in [2.45, 2.75) is 13.8 Å². The monoisotopic (exact) mass is 438 g/mol. The summed E-state index contributed by atoms with van der Waals surface area (Å²) in [7, 11) is 0. The van der Waals surface area contributed by atoms with Crippen LogP contribution < -0.4 is 0 Å². The molecule has 0 bridgehead atoms. The fraction of sp³-hybridized carbons (Fsp3) is 0.0588. The minimum absolute atomic E-state index is 1.28. The van der Waals surface area contributed by atoms with Crippen molar-refractivity contribution in [2.24, 2.45) is 0 Å². The molecule has 34 heavy (non-hydrogen) atoms. The Morgan fingerprint density at radius 2 is 0.853 bits per heavy atom. The molecule has 6 aromatic carbocycles. The van der Waals surface area contributed by atoms with Crippen LogP contribution in [0, 0.1) is 13.8 Å². The lowest BCUT2D eigenvalue weighted by molar-refractivity contribution is 1.51. The maximum Gasteiger partial charge on any atom is -0.0155 e. The molecule has 0 aliphatic rings. The Bertz CT molecular complexity index is 1400. The van der Waals surface area contributed by atoms with Gasteiger partial charge in [-0.2, -0.15) is 0 Å². The highest BCUT2D eigenvalue weighted by Crippen LogP contribution is 2.18. The van der Waals surface area contributed by atoms with Gasteiger partial charge in [-0.15, -0.1) is 0 Å². The molecule has 0 aliphatic heterocycles. The summed E-state index contributed by atoms with van der Waals surface area (Å²) >= 11 is 0. The minimum atomic E-state index is 1.28. The van der Waals surface area contributed by atoms with Crippen LogP contribution in [0.5, 0.6) is 0 Å². The number of hydrogen-bond acceptors (Lipinski definition) is 0. The molecule has 0 fully saturated rings. The summed E-state index contributed by atoms with van der Waals surface area (Å²) in [6.07, 6.45) is 0. The molecule has 6 rings (SSSR count). The van der Waals surface area contributed by atoms with Crippen LogP contribution in [0.2, 0.25) is 0 Å². The molecular formula is C34H30. The van der Waals surface area contributed by atoms with Crippen molar-refractivity contribution in [3.63, 3.8) is 0 Å². The smallest absolute Gasteiger partial charge is 0.0155 e. The first kappa shape index (κ1) is 23.0. The van der Waals surface area contributed by atoms with Gasteiger partial charge in [0.05, 0.1) is 0 Å². The summed E-state index contributed by atoms with van der Waals surface area (Å²) < 4.78 is 0. The van der Waals surface area contributed by atoms with E-state index < -0.39 is 0 Å². The molecule has 0 nitrogen and oxygen atoms in total. The summed E-state index contributed by atoms with van der Waals surface area (Å²) in [6.45, 7) is 4.26. The van der Waals surface area contributed by atoms with Gasteiger partial charge in [0, 0.05) is 0 Å². The third kappa shape index (κ3) is 6.21. The lowest BCUT2D eigenvalue weighted by Gasteiger charge is -1.98. The summed E-state index contributed by atoms with van der Waals surface area (Å²) in [5.41, 5.74) is 5.22. The van der Waals surface area contributed by atoms with Crippen LogP contribution in [0.3, 0.4) is 0 Å². The zero-order valence-electron chi connectivity index (χ0n) is 19.9. The van der Waals surface area contributed by atoms with Crippen LogP contribution in [0.4, 0.5) is 0 Å². The number of aryl methyl sites for hydroxylation is 2. The first-order valence-electron chi connectivity index (χ1n) is 11.7. The van der Waals surface area contributed by atoms with Crippen molar-refractivity contribution in [3.05, 3.63) is 157 Å². The molecule has 0 aliphatic carbocycles.